The molecule has 0 rings (SSSR count). The van der Waals surface area contributed by atoms with Crippen molar-refractivity contribution in [3.63, 3.8) is 0 Å². The molecule has 0 aromatic rings. The quantitative estimate of drug-likeness (QED) is 0.284. The Kier molecular flexibility index (Phi) is 15.6. The molecule has 0 aliphatic carbocycles. The first-order valence-corrected chi connectivity index (χ1v) is 2.68. The van der Waals surface area contributed by atoms with Gasteiger partial charge in [-0.1, -0.05) is 0 Å². The number of hydrogen-bond donors (Lipinski definition) is 4. The first-order valence-electron chi connectivity index (χ1n) is 0.894. The number of hydrogen-bond acceptors (Lipinski definition) is 4. The summed E-state index contributed by atoms with van der Waals surface area (Å²) >= 11 is 0. The van der Waals surface area contributed by atoms with Gasteiger partial charge in [-0.15, -0.1) is 0 Å². The van der Waals surface area contributed by atoms with Crippen LogP contribution in [0.2, 0.25) is 0 Å². The van der Waals surface area contributed by atoms with Gasteiger partial charge in [0.25, 0.3) is 0 Å². The third-order valence-corrected chi connectivity index (χ3v) is 0. The Hall–Kier alpha value is 2.58. The van der Waals surface area contributed by atoms with E-state index in [4.69, 9.17) is 19.2 Å². The summed E-state index contributed by atoms with van der Waals surface area (Å²) in [4.78, 5) is 29.3. The standard InChI is InChI=1S/2Ca.H4O4Si.4H/c;;1-5(2,3)4;;;;/h;;1-4H;;;;. The molecule has 0 unspecified atom stereocenters. The average molecular weight is 180 g/mol. The molecule has 4 nitrogen and oxygen atoms in total. The van der Waals surface area contributed by atoms with Crippen LogP contribution in [0.25, 0.3) is 0 Å². The van der Waals surface area contributed by atoms with E-state index >= 15 is 0 Å². The molecular formula is H8Ca2O4Si. The second kappa shape index (κ2) is 6.69. The summed E-state index contributed by atoms with van der Waals surface area (Å²) in [7, 11) is -4.61. The van der Waals surface area contributed by atoms with Crippen LogP contribution in [0, 0.1) is 0 Å². The summed E-state index contributed by atoms with van der Waals surface area (Å²) in [6.45, 7) is 0. The van der Waals surface area contributed by atoms with Crippen LogP contribution < -0.4 is 0 Å². The molecule has 0 radical (unpaired) electrons. The maximum absolute atomic E-state index is 7.33. The topological polar surface area (TPSA) is 80.9 Å². The van der Waals surface area contributed by atoms with Crippen LogP contribution in [0.4, 0.5) is 0 Å². The SMILES string of the molecule is O[Si](O)(O)O.[CaH2].[CaH2]. The molecule has 0 aromatic heterocycles. The molecule has 7 heavy (non-hydrogen) atoms. The Labute approximate surface area is 102 Å². The van der Waals surface area contributed by atoms with E-state index in [0.29, 0.717) is 0 Å². The van der Waals surface area contributed by atoms with Crippen molar-refractivity contribution >= 4 is 84.5 Å². The Morgan fingerprint density at radius 1 is 0.714 bits per heavy atom. The van der Waals surface area contributed by atoms with Crippen molar-refractivity contribution in [3.8, 4) is 0 Å². The van der Waals surface area contributed by atoms with Crippen molar-refractivity contribution < 1.29 is 19.2 Å². The van der Waals surface area contributed by atoms with E-state index in [0.717, 1.165) is 0 Å². The molecule has 7 heteroatoms. The van der Waals surface area contributed by atoms with Gasteiger partial charge in [0.1, 0.15) is 0 Å². The third kappa shape index (κ3) is 55.9. The summed E-state index contributed by atoms with van der Waals surface area (Å²) in [5.74, 6) is 0. The molecule has 0 bridgehead atoms. The van der Waals surface area contributed by atoms with Gasteiger partial charge in [-0.05, 0) is 0 Å². The molecule has 0 amide bonds. The van der Waals surface area contributed by atoms with E-state index in [9.17, 15) is 0 Å². The van der Waals surface area contributed by atoms with Crippen molar-refractivity contribution in [2.75, 3.05) is 0 Å². The van der Waals surface area contributed by atoms with Crippen LogP contribution in [-0.4, -0.2) is 104 Å². The minimum atomic E-state index is -4.61. The van der Waals surface area contributed by atoms with Crippen molar-refractivity contribution in [3.05, 3.63) is 0 Å². The summed E-state index contributed by atoms with van der Waals surface area (Å²) in [6.07, 6.45) is 0. The molecule has 4 N–H and O–H groups in total. The van der Waals surface area contributed by atoms with Gasteiger partial charge < -0.3 is 19.2 Å². The summed E-state index contributed by atoms with van der Waals surface area (Å²) in [5.41, 5.74) is 0. The third-order valence-electron chi connectivity index (χ3n) is 0. The molecule has 0 aliphatic heterocycles. The van der Waals surface area contributed by atoms with Crippen LogP contribution in [0.5, 0.6) is 0 Å². The van der Waals surface area contributed by atoms with Gasteiger partial charge >= 0.3 is 84.5 Å². The number of rotatable bonds is 0. The minimum absolute atomic E-state index is 0. The summed E-state index contributed by atoms with van der Waals surface area (Å²) in [5, 5.41) is 0. The first-order chi connectivity index (χ1) is 2.00. The predicted octanol–water partition coefficient (Wildman–Crippen LogP) is -4.44. The van der Waals surface area contributed by atoms with Crippen LogP contribution in [-0.2, 0) is 0 Å². The molecule has 0 aromatic carbocycles. The van der Waals surface area contributed by atoms with Crippen molar-refractivity contribution in [2.24, 2.45) is 0 Å². The zero-order chi connectivity index (χ0) is 4.50. The molecule has 0 spiro atoms. The van der Waals surface area contributed by atoms with Gasteiger partial charge in [-0.25, -0.2) is 0 Å². The fourth-order valence-corrected chi connectivity index (χ4v) is 0. The monoisotopic (exact) mass is 180 g/mol. The van der Waals surface area contributed by atoms with Gasteiger partial charge in [0.05, 0.1) is 0 Å². The second-order valence-electron chi connectivity index (χ2n) is 0.600. The van der Waals surface area contributed by atoms with E-state index in [1.165, 1.54) is 0 Å². The van der Waals surface area contributed by atoms with Gasteiger partial charge in [0.2, 0.25) is 0 Å². The normalized spacial score (nSPS) is 8.57. The van der Waals surface area contributed by atoms with Crippen molar-refractivity contribution in [2.45, 2.75) is 0 Å². The van der Waals surface area contributed by atoms with E-state index in [-0.39, 0.29) is 75.5 Å². The Balaban J connectivity index is -0.0000000800. The van der Waals surface area contributed by atoms with E-state index in [2.05, 4.69) is 0 Å². The van der Waals surface area contributed by atoms with Crippen LogP contribution in [0.1, 0.15) is 0 Å². The molecule has 40 valence electrons. The molecule has 0 heterocycles. The molecule has 0 atom stereocenters. The Morgan fingerprint density at radius 2 is 0.714 bits per heavy atom. The molecule has 0 saturated heterocycles. The Bertz CT molecular complexity index is 25.2. The predicted molar refractivity (Wildman–Crippen MR) is 31.7 cm³/mol. The second-order valence-corrected chi connectivity index (χ2v) is 1.80. The van der Waals surface area contributed by atoms with Gasteiger partial charge in [0.15, 0.2) is 0 Å². The fourth-order valence-electron chi connectivity index (χ4n) is 0. The van der Waals surface area contributed by atoms with Crippen LogP contribution in [0.3, 0.4) is 0 Å². The maximum atomic E-state index is 7.33. The van der Waals surface area contributed by atoms with E-state index < -0.39 is 9.05 Å². The molecule has 0 aliphatic rings. The summed E-state index contributed by atoms with van der Waals surface area (Å²) in [6, 6.07) is 0. The zero-order valence-corrected chi connectivity index (χ0v) is 3.29. The van der Waals surface area contributed by atoms with Gasteiger partial charge in [-0.2, -0.15) is 0 Å². The van der Waals surface area contributed by atoms with Crippen LogP contribution >= 0.6 is 0 Å². The van der Waals surface area contributed by atoms with Crippen molar-refractivity contribution in [1.29, 1.82) is 0 Å². The van der Waals surface area contributed by atoms with Gasteiger partial charge in [0, 0.05) is 0 Å². The summed E-state index contributed by atoms with van der Waals surface area (Å²) < 4.78 is 0. The van der Waals surface area contributed by atoms with E-state index in [1.807, 2.05) is 0 Å². The first kappa shape index (κ1) is 16.3. The van der Waals surface area contributed by atoms with Crippen molar-refractivity contribution in [1.82, 2.24) is 0 Å². The van der Waals surface area contributed by atoms with Gasteiger partial charge in [-0.3, -0.25) is 0 Å². The van der Waals surface area contributed by atoms with E-state index in [1.54, 1.807) is 0 Å². The molecule has 0 fully saturated rings. The van der Waals surface area contributed by atoms with Crippen LogP contribution in [0.15, 0.2) is 0 Å². The fraction of sp³-hybridized carbons (Fsp3) is 0. The molecular weight excluding hydrogens is 172 g/mol. The Morgan fingerprint density at radius 3 is 0.714 bits per heavy atom. The average Bonchev–Trinajstić information content (AvgIpc) is 0.722. The molecule has 0 saturated carbocycles. The zero-order valence-electron chi connectivity index (χ0n) is 2.29.